The first kappa shape index (κ1) is 27.8. The van der Waals surface area contributed by atoms with Gasteiger partial charge < -0.3 is 4.79 Å². The van der Waals surface area contributed by atoms with E-state index >= 15 is 4.79 Å². The molecule has 0 spiro atoms. The zero-order chi connectivity index (χ0) is 24.2. The molecule has 0 aliphatic carbocycles. The Morgan fingerprint density at radius 2 is 0.833 bits per heavy atom. The Kier molecular flexibility index (Phi) is 7.37. The van der Waals surface area contributed by atoms with Gasteiger partial charge in [0.1, 0.15) is 12.0 Å². The van der Waals surface area contributed by atoms with Crippen LogP contribution in [0.4, 0.5) is 0 Å². The van der Waals surface area contributed by atoms with Gasteiger partial charge in [0.05, 0.1) is 22.8 Å². The Hall–Kier alpha value is -0.242. The fraction of sp³-hybridized carbons (Fsp3) is 0.720. The zero-order valence-corrected chi connectivity index (χ0v) is 26.8. The molecule has 0 unspecified atom stereocenters. The van der Waals surface area contributed by atoms with Crippen LogP contribution in [0.1, 0.15) is 72.7 Å². The summed E-state index contributed by atoms with van der Waals surface area (Å²) in [6, 6.07) is 10.4. The summed E-state index contributed by atoms with van der Waals surface area (Å²) in [6.45, 7) is 35.2. The first-order valence-electron chi connectivity index (χ1n) is 11.6. The molecule has 0 aliphatic rings. The Balaban J connectivity index is 4.38. The van der Waals surface area contributed by atoms with Gasteiger partial charge in [-0.1, -0.05) is 132 Å². The highest BCUT2D eigenvalue weighted by atomic mass is 29.9. The molecule has 1 nitrogen and oxygen atoms in total. The normalized spacial score (nSPS) is 15.3. The number of carbonyl (C=O) groups is 1. The van der Waals surface area contributed by atoms with Crippen molar-refractivity contribution >= 4 is 34.8 Å². The van der Waals surface area contributed by atoms with Gasteiger partial charge >= 0.3 is 0 Å². The smallest absolute Gasteiger partial charge is 0.132 e. The SMILES string of the molecule is CC(C)(C)[Si](C)(C)[Si](C(=O)c1ccccc1)([Si](C)(C)C(C)(C)C)[Si](C)(C)C(C)(C)C. The van der Waals surface area contributed by atoms with Gasteiger partial charge in [-0.2, -0.15) is 0 Å². The topological polar surface area (TPSA) is 17.1 Å². The molecule has 30 heavy (non-hydrogen) atoms. The van der Waals surface area contributed by atoms with Crippen molar-refractivity contribution in [2.24, 2.45) is 0 Å². The quantitative estimate of drug-likeness (QED) is 0.387. The monoisotopic (exact) mass is 478 g/mol. The van der Waals surface area contributed by atoms with Crippen LogP contribution in [0.3, 0.4) is 0 Å². The summed E-state index contributed by atoms with van der Waals surface area (Å²) in [5.74, 6) is 0. The van der Waals surface area contributed by atoms with Crippen LogP contribution in [0.5, 0.6) is 0 Å². The third-order valence-corrected chi connectivity index (χ3v) is 87.1. The molecule has 0 aromatic heterocycles. The van der Waals surface area contributed by atoms with E-state index in [2.05, 4.69) is 126 Å². The first-order valence-corrected chi connectivity index (χ1v) is 25.6. The molecule has 172 valence electrons. The van der Waals surface area contributed by atoms with Gasteiger partial charge in [0, 0.05) is 5.56 Å². The average molecular weight is 479 g/mol. The first-order chi connectivity index (χ1) is 13.0. The summed E-state index contributed by atoms with van der Waals surface area (Å²) in [5, 5.41) is 1.17. The van der Waals surface area contributed by atoms with E-state index in [1.165, 1.54) is 0 Å². The molecule has 0 saturated heterocycles. The summed E-state index contributed by atoms with van der Waals surface area (Å²) in [6.07, 6.45) is 0. The molecule has 0 saturated carbocycles. The minimum atomic E-state index is -2.45. The van der Waals surface area contributed by atoms with Gasteiger partial charge in [0.25, 0.3) is 0 Å². The second-order valence-electron chi connectivity index (χ2n) is 14.1. The molecule has 1 aromatic rings. The molecule has 5 heteroatoms. The number of rotatable bonds is 5. The Morgan fingerprint density at radius 3 is 1.07 bits per heavy atom. The summed E-state index contributed by atoms with van der Waals surface area (Å²) >= 11 is 0. The molecule has 0 fully saturated rings. The van der Waals surface area contributed by atoms with Crippen LogP contribution in [0, 0.1) is 0 Å². The molecule has 0 N–H and O–H groups in total. The van der Waals surface area contributed by atoms with Crippen molar-refractivity contribution in [3.8, 4) is 0 Å². The van der Waals surface area contributed by atoms with Gasteiger partial charge in [0.15, 0.2) is 0 Å². The molecule has 0 atom stereocenters. The fourth-order valence-corrected chi connectivity index (χ4v) is 109. The summed E-state index contributed by atoms with van der Waals surface area (Å²) in [5.41, 5.74) is 0.989. The lowest BCUT2D eigenvalue weighted by molar-refractivity contribution is 0.107. The maximum atomic E-state index is 15.1. The van der Waals surface area contributed by atoms with Crippen molar-refractivity contribution in [1.29, 1.82) is 0 Å². The van der Waals surface area contributed by atoms with E-state index in [1.807, 2.05) is 6.07 Å². The van der Waals surface area contributed by atoms with Crippen molar-refractivity contribution in [3.63, 3.8) is 0 Å². The lowest BCUT2D eigenvalue weighted by Gasteiger charge is -2.68. The van der Waals surface area contributed by atoms with Crippen LogP contribution in [0.15, 0.2) is 30.3 Å². The lowest BCUT2D eigenvalue weighted by atomic mass is 10.2. The second kappa shape index (κ2) is 7.96. The molecule has 0 amide bonds. The van der Waals surface area contributed by atoms with E-state index in [-0.39, 0.29) is 15.1 Å². The Morgan fingerprint density at radius 1 is 0.567 bits per heavy atom. The van der Waals surface area contributed by atoms with Gasteiger partial charge in [-0.15, -0.1) is 0 Å². The van der Waals surface area contributed by atoms with Crippen molar-refractivity contribution in [1.82, 2.24) is 0 Å². The predicted molar refractivity (Wildman–Crippen MR) is 148 cm³/mol. The molecule has 0 heterocycles. The summed E-state index contributed by atoms with van der Waals surface area (Å²) in [4.78, 5) is 15.1. The Labute approximate surface area is 191 Å². The van der Waals surface area contributed by atoms with E-state index in [0.717, 1.165) is 5.56 Å². The van der Waals surface area contributed by atoms with Gasteiger partial charge in [-0.25, -0.2) is 0 Å². The summed E-state index contributed by atoms with van der Waals surface area (Å²) < 4.78 is 0. The van der Waals surface area contributed by atoms with Crippen LogP contribution in [0.2, 0.25) is 54.4 Å². The standard InChI is InChI=1S/C25H50OSi4/c1-23(2,3)27(10,11)30(28(12,13)24(4,5)6,29(14,15)25(7,8)9)22(26)21-19-17-16-18-20-21/h16-20H,1-15H3. The zero-order valence-electron chi connectivity index (χ0n) is 22.8. The maximum Gasteiger partial charge on any atom is 0.132 e. The van der Waals surface area contributed by atoms with Crippen LogP contribution in [0.25, 0.3) is 0 Å². The van der Waals surface area contributed by atoms with E-state index < -0.39 is 29.4 Å². The largest absolute Gasteiger partial charge is 0.301 e. The van der Waals surface area contributed by atoms with E-state index in [0.29, 0.717) is 5.41 Å². The number of hydrogen-bond acceptors (Lipinski definition) is 1. The average Bonchev–Trinajstić information content (AvgIpc) is 2.52. The maximum absolute atomic E-state index is 15.1. The predicted octanol–water partition coefficient (Wildman–Crippen LogP) is 8.62. The third kappa shape index (κ3) is 3.86. The minimum Gasteiger partial charge on any atom is -0.301 e. The van der Waals surface area contributed by atoms with Crippen LogP contribution >= 0.6 is 0 Å². The van der Waals surface area contributed by atoms with E-state index in [9.17, 15) is 0 Å². The van der Waals surface area contributed by atoms with Crippen LogP contribution < -0.4 is 0 Å². The van der Waals surface area contributed by atoms with Gasteiger partial charge in [0.2, 0.25) is 0 Å². The van der Waals surface area contributed by atoms with E-state index in [4.69, 9.17) is 0 Å². The molecule has 1 rings (SSSR count). The van der Waals surface area contributed by atoms with Crippen molar-refractivity contribution in [3.05, 3.63) is 35.9 Å². The molecular weight excluding hydrogens is 429 g/mol. The second-order valence-corrected chi connectivity index (χ2v) is 52.8. The fourth-order valence-electron chi connectivity index (χ4n) is 5.69. The highest BCUT2D eigenvalue weighted by Gasteiger charge is 2.76. The van der Waals surface area contributed by atoms with Crippen molar-refractivity contribution in [2.75, 3.05) is 0 Å². The molecule has 0 bridgehead atoms. The van der Waals surface area contributed by atoms with Gasteiger partial charge in [-0.3, -0.25) is 0 Å². The molecule has 0 aliphatic heterocycles. The van der Waals surface area contributed by atoms with Crippen molar-refractivity contribution < 1.29 is 4.79 Å². The molecule has 0 radical (unpaired) electrons. The highest BCUT2D eigenvalue weighted by molar-refractivity contribution is 7.98. The third-order valence-electron chi connectivity index (χ3n) is 9.81. The van der Waals surface area contributed by atoms with Crippen LogP contribution in [-0.4, -0.2) is 34.8 Å². The highest BCUT2D eigenvalue weighted by Crippen LogP contribution is 2.59. The van der Waals surface area contributed by atoms with Gasteiger partial charge in [-0.05, 0) is 15.1 Å². The Bertz CT molecular complexity index is 693. The summed E-state index contributed by atoms with van der Waals surface area (Å²) in [7, 11) is -6.02. The molecular formula is C25H50OSi4. The minimum absolute atomic E-state index is 0.189. The van der Waals surface area contributed by atoms with E-state index in [1.54, 1.807) is 0 Å². The lowest BCUT2D eigenvalue weighted by Crippen LogP contribution is -2.93. The van der Waals surface area contributed by atoms with Crippen LogP contribution in [-0.2, 0) is 0 Å². The number of benzene rings is 1. The number of carbonyl (C=O) groups excluding carboxylic acids is 1. The number of hydrogen-bond donors (Lipinski definition) is 0. The van der Waals surface area contributed by atoms with Crippen molar-refractivity contribution in [2.45, 2.75) is 117 Å². The molecule has 1 aromatic carbocycles.